The Morgan fingerprint density at radius 2 is 1.84 bits per heavy atom. The van der Waals surface area contributed by atoms with Crippen molar-refractivity contribution in [2.45, 2.75) is 19.9 Å². The van der Waals surface area contributed by atoms with Crippen molar-refractivity contribution >= 4 is 17.7 Å². The fourth-order valence-corrected chi connectivity index (χ4v) is 3.27. The molecule has 0 spiro atoms. The first-order valence-corrected chi connectivity index (χ1v) is 9.79. The summed E-state index contributed by atoms with van der Waals surface area (Å²) in [6, 6.07) is 9.51. The summed E-state index contributed by atoms with van der Waals surface area (Å²) in [5.41, 5.74) is 0.639. The average molecular weight is 441 g/mol. The molecule has 3 rings (SSSR count). The number of rotatable bonds is 7. The minimum atomic E-state index is -0.911. The van der Waals surface area contributed by atoms with E-state index < -0.39 is 23.0 Å². The second-order valence-electron chi connectivity index (χ2n) is 6.92. The number of nitro groups is 1. The van der Waals surface area contributed by atoms with Gasteiger partial charge in [-0.3, -0.25) is 10.1 Å². The quantitative estimate of drug-likeness (QED) is 0.393. The number of esters is 1. The first kappa shape index (κ1) is 22.6. The zero-order valence-electron chi connectivity index (χ0n) is 18.1. The summed E-state index contributed by atoms with van der Waals surface area (Å²) >= 11 is 0. The van der Waals surface area contributed by atoms with Gasteiger partial charge in [-0.1, -0.05) is 6.07 Å². The number of carbonyl (C=O) groups is 2. The Morgan fingerprint density at radius 3 is 2.44 bits per heavy atom. The lowest BCUT2D eigenvalue weighted by atomic mass is 9.94. The molecule has 10 nitrogen and oxygen atoms in total. The molecule has 2 aromatic carbocycles. The van der Waals surface area contributed by atoms with Gasteiger partial charge in [0.2, 0.25) is 5.75 Å². The first-order valence-electron chi connectivity index (χ1n) is 9.79. The summed E-state index contributed by atoms with van der Waals surface area (Å²) in [7, 11) is 3.05. The second-order valence-corrected chi connectivity index (χ2v) is 6.92. The zero-order valence-corrected chi connectivity index (χ0v) is 18.1. The lowest BCUT2D eigenvalue weighted by molar-refractivity contribution is -0.385. The number of urea groups is 1. The van der Waals surface area contributed by atoms with Gasteiger partial charge in [0.15, 0.2) is 0 Å². The predicted molar refractivity (Wildman–Crippen MR) is 115 cm³/mol. The van der Waals surface area contributed by atoms with Crippen molar-refractivity contribution in [1.82, 2.24) is 10.2 Å². The fourth-order valence-electron chi connectivity index (χ4n) is 3.27. The van der Waals surface area contributed by atoms with Gasteiger partial charge >= 0.3 is 17.7 Å². The Kier molecular flexibility index (Phi) is 6.62. The molecule has 1 heterocycles. The van der Waals surface area contributed by atoms with Crippen molar-refractivity contribution < 1.29 is 28.7 Å². The van der Waals surface area contributed by atoms with E-state index in [2.05, 4.69) is 5.32 Å². The van der Waals surface area contributed by atoms with E-state index in [4.69, 9.17) is 14.2 Å². The molecule has 0 radical (unpaired) electrons. The van der Waals surface area contributed by atoms with E-state index in [1.165, 1.54) is 31.2 Å². The third kappa shape index (κ3) is 4.48. The molecular formula is C22H23N3O7. The predicted octanol–water partition coefficient (Wildman–Crippen LogP) is 3.93. The monoisotopic (exact) mass is 441 g/mol. The van der Waals surface area contributed by atoms with Crippen LogP contribution < -0.4 is 14.8 Å². The lowest BCUT2D eigenvalue weighted by Crippen LogP contribution is -2.46. The van der Waals surface area contributed by atoms with E-state index in [1.54, 1.807) is 44.2 Å². The van der Waals surface area contributed by atoms with Gasteiger partial charge in [0, 0.05) is 18.8 Å². The fraction of sp³-hybridized carbons (Fsp3) is 0.273. The maximum Gasteiger partial charge on any atom is 0.338 e. The second kappa shape index (κ2) is 9.38. The Labute approximate surface area is 184 Å². The van der Waals surface area contributed by atoms with Crippen LogP contribution in [0.1, 0.15) is 25.5 Å². The third-order valence-corrected chi connectivity index (χ3v) is 5.05. The molecule has 32 heavy (non-hydrogen) atoms. The topological polar surface area (TPSA) is 120 Å². The highest BCUT2D eigenvalue weighted by atomic mass is 16.6. The van der Waals surface area contributed by atoms with Crippen molar-refractivity contribution in [3.63, 3.8) is 0 Å². The number of carbonyl (C=O) groups excluding carboxylic acids is 2. The van der Waals surface area contributed by atoms with Crippen molar-refractivity contribution in [3.8, 4) is 17.2 Å². The lowest BCUT2D eigenvalue weighted by Gasteiger charge is -2.33. The molecule has 2 amide bonds. The molecule has 0 unspecified atom stereocenters. The molecule has 0 saturated carbocycles. The van der Waals surface area contributed by atoms with Gasteiger partial charge in [0.1, 0.15) is 11.5 Å². The van der Waals surface area contributed by atoms with E-state index in [9.17, 15) is 19.7 Å². The van der Waals surface area contributed by atoms with Gasteiger partial charge in [-0.2, -0.15) is 0 Å². The van der Waals surface area contributed by atoms with Crippen LogP contribution in [0.2, 0.25) is 0 Å². The molecule has 0 aliphatic carbocycles. The normalized spacial score (nSPS) is 15.8. The molecule has 0 fully saturated rings. The van der Waals surface area contributed by atoms with Crippen LogP contribution in [0.15, 0.2) is 53.7 Å². The van der Waals surface area contributed by atoms with Crippen LogP contribution in [0.4, 0.5) is 10.5 Å². The summed E-state index contributed by atoms with van der Waals surface area (Å²) in [5.74, 6) is 0.413. The highest BCUT2D eigenvalue weighted by Crippen LogP contribution is 2.37. The molecule has 1 aliphatic heterocycles. The van der Waals surface area contributed by atoms with E-state index in [0.717, 1.165) is 0 Å². The van der Waals surface area contributed by atoms with Crippen LogP contribution in [0.3, 0.4) is 0 Å². The summed E-state index contributed by atoms with van der Waals surface area (Å²) in [6.07, 6.45) is 0. The van der Waals surface area contributed by atoms with Gasteiger partial charge in [-0.15, -0.1) is 0 Å². The molecule has 168 valence electrons. The van der Waals surface area contributed by atoms with Crippen LogP contribution >= 0.6 is 0 Å². The maximum absolute atomic E-state index is 12.6. The number of allylic oxidation sites excluding steroid dienone is 1. The highest BCUT2D eigenvalue weighted by Gasteiger charge is 2.36. The van der Waals surface area contributed by atoms with Crippen LogP contribution in [0, 0.1) is 10.1 Å². The number of amides is 2. The molecule has 0 aromatic heterocycles. The van der Waals surface area contributed by atoms with Crippen LogP contribution in [-0.2, 0) is 9.53 Å². The molecule has 2 aromatic rings. The highest BCUT2D eigenvalue weighted by molar-refractivity contribution is 5.95. The largest absolute Gasteiger partial charge is 0.497 e. The van der Waals surface area contributed by atoms with Crippen molar-refractivity contribution in [2.24, 2.45) is 0 Å². The number of nitro benzene ring substituents is 1. The van der Waals surface area contributed by atoms with Crippen molar-refractivity contribution in [1.29, 1.82) is 0 Å². The van der Waals surface area contributed by atoms with Gasteiger partial charge in [-0.05, 0) is 49.7 Å². The number of methoxy groups -OCH3 is 1. The van der Waals surface area contributed by atoms with E-state index in [0.29, 0.717) is 22.8 Å². The van der Waals surface area contributed by atoms with Crippen LogP contribution in [-0.4, -0.2) is 42.6 Å². The smallest absolute Gasteiger partial charge is 0.338 e. The number of ether oxygens (including phenoxy) is 3. The van der Waals surface area contributed by atoms with Crippen LogP contribution in [0.5, 0.6) is 17.2 Å². The summed E-state index contributed by atoms with van der Waals surface area (Å²) in [4.78, 5) is 37.4. The first-order chi connectivity index (χ1) is 15.3. The summed E-state index contributed by atoms with van der Waals surface area (Å²) in [6.45, 7) is 3.44. The SMILES string of the molecule is CCOC(=O)C1=C(C)N(C)C(=O)N[C@H]1c1ccc(Oc2ccc(OC)cc2)c([N+](=O)[O-])c1. The summed E-state index contributed by atoms with van der Waals surface area (Å²) in [5, 5.41) is 14.5. The van der Waals surface area contributed by atoms with Gasteiger partial charge < -0.3 is 24.4 Å². The minimum Gasteiger partial charge on any atom is -0.497 e. The Hall–Kier alpha value is -4.08. The van der Waals surface area contributed by atoms with Crippen molar-refractivity contribution in [3.05, 3.63) is 69.4 Å². The van der Waals surface area contributed by atoms with E-state index >= 15 is 0 Å². The average Bonchev–Trinajstić information content (AvgIpc) is 2.78. The van der Waals surface area contributed by atoms with Crippen molar-refractivity contribution in [2.75, 3.05) is 20.8 Å². The minimum absolute atomic E-state index is 0.0153. The van der Waals surface area contributed by atoms with Gasteiger partial charge in [-0.25, -0.2) is 9.59 Å². The molecule has 10 heteroatoms. The number of hydrogen-bond acceptors (Lipinski definition) is 7. The van der Waals surface area contributed by atoms with Gasteiger partial charge in [0.05, 0.1) is 30.3 Å². The molecule has 0 saturated heterocycles. The Balaban J connectivity index is 2.01. The third-order valence-electron chi connectivity index (χ3n) is 5.05. The number of nitrogens with zero attached hydrogens (tertiary/aromatic N) is 2. The number of hydrogen-bond donors (Lipinski definition) is 1. The van der Waals surface area contributed by atoms with E-state index in [-0.39, 0.29) is 23.6 Å². The Bertz CT molecular complexity index is 1080. The molecular weight excluding hydrogens is 418 g/mol. The maximum atomic E-state index is 12.6. The summed E-state index contributed by atoms with van der Waals surface area (Å²) < 4.78 is 15.9. The van der Waals surface area contributed by atoms with Gasteiger partial charge in [0.25, 0.3) is 0 Å². The standard InChI is InChI=1S/C22H23N3O7/c1-5-31-21(26)19-13(2)24(3)22(27)23-20(19)14-6-11-18(17(12-14)25(28)29)32-16-9-7-15(30-4)8-10-16/h6-12,20H,5H2,1-4H3,(H,23,27)/t20-/m0/s1. The molecule has 1 N–H and O–H groups in total. The Morgan fingerprint density at radius 1 is 1.19 bits per heavy atom. The number of nitrogens with one attached hydrogen (secondary N) is 1. The molecule has 1 aliphatic rings. The van der Waals surface area contributed by atoms with Crippen LogP contribution in [0.25, 0.3) is 0 Å². The molecule has 1 atom stereocenters. The zero-order chi connectivity index (χ0) is 23.4. The number of benzene rings is 2. The van der Waals surface area contributed by atoms with E-state index in [1.807, 2.05) is 0 Å². The molecule has 0 bridgehead atoms.